The molecule has 26 heavy (non-hydrogen) atoms. The molecule has 0 bridgehead atoms. The Morgan fingerprint density at radius 1 is 0.923 bits per heavy atom. The van der Waals surface area contributed by atoms with Gasteiger partial charge >= 0.3 is 8.03 Å². The molecule has 0 aliphatic heterocycles. The molecule has 1 rings (SSSR count). The van der Waals surface area contributed by atoms with Gasteiger partial charge in [0, 0.05) is 0 Å². The van der Waals surface area contributed by atoms with E-state index >= 15 is 0 Å². The first-order valence-electron chi connectivity index (χ1n) is 10.5. The highest BCUT2D eigenvalue weighted by Gasteiger charge is 2.18. The predicted octanol–water partition coefficient (Wildman–Crippen LogP) is 7.04. The summed E-state index contributed by atoms with van der Waals surface area (Å²) in [5, 5.41) is 9.32. The molecular weight excluding hydrogens is 343 g/mol. The van der Waals surface area contributed by atoms with Gasteiger partial charge in [-0.15, -0.1) is 0 Å². The summed E-state index contributed by atoms with van der Waals surface area (Å²) < 4.78 is 17.6. The second kappa shape index (κ2) is 15.2. The van der Waals surface area contributed by atoms with Crippen molar-refractivity contribution in [2.24, 2.45) is 0 Å². The minimum atomic E-state index is -1.61. The Morgan fingerprint density at radius 2 is 1.46 bits per heavy atom. The minimum absolute atomic E-state index is 0.276. The lowest BCUT2D eigenvalue weighted by molar-refractivity contribution is 0.185. The summed E-state index contributed by atoms with van der Waals surface area (Å²) in [5.74, 6) is 0.680. The van der Waals surface area contributed by atoms with Gasteiger partial charge < -0.3 is 5.11 Å². The van der Waals surface area contributed by atoms with Gasteiger partial charge in [0.2, 0.25) is 0 Å². The van der Waals surface area contributed by atoms with E-state index in [1.54, 1.807) is 6.92 Å². The molecule has 0 spiro atoms. The third-order valence-corrected chi connectivity index (χ3v) is 5.77. The molecule has 4 heteroatoms. The summed E-state index contributed by atoms with van der Waals surface area (Å²) in [6.07, 6.45) is 14.8. The third-order valence-electron chi connectivity index (χ3n) is 4.68. The second-order valence-electron chi connectivity index (χ2n) is 7.36. The van der Waals surface area contributed by atoms with Crippen LogP contribution in [-0.4, -0.2) is 17.4 Å². The quantitative estimate of drug-likeness (QED) is 0.247. The Bertz CT molecular complexity index is 471. The van der Waals surface area contributed by atoms with Gasteiger partial charge in [-0.1, -0.05) is 70.4 Å². The van der Waals surface area contributed by atoms with Crippen LogP contribution < -0.4 is 4.52 Å². The lowest BCUT2D eigenvalue weighted by Crippen LogP contribution is -2.01. The van der Waals surface area contributed by atoms with Crippen LogP contribution >= 0.6 is 8.03 Å². The van der Waals surface area contributed by atoms with Gasteiger partial charge in [-0.2, -0.15) is 0 Å². The summed E-state index contributed by atoms with van der Waals surface area (Å²) in [6, 6.07) is 7.73. The van der Waals surface area contributed by atoms with E-state index in [1.807, 2.05) is 24.3 Å². The van der Waals surface area contributed by atoms with E-state index in [1.165, 1.54) is 56.9 Å². The van der Waals surface area contributed by atoms with Crippen molar-refractivity contribution in [1.82, 2.24) is 0 Å². The van der Waals surface area contributed by atoms with E-state index in [9.17, 15) is 9.67 Å². The van der Waals surface area contributed by atoms with Crippen LogP contribution in [-0.2, 0) is 11.0 Å². The van der Waals surface area contributed by atoms with Gasteiger partial charge in [-0.05, 0) is 54.9 Å². The summed E-state index contributed by atoms with van der Waals surface area (Å²) >= 11 is 0. The Labute approximate surface area is 161 Å². The zero-order valence-electron chi connectivity index (χ0n) is 16.8. The number of hydrogen-bond acceptors (Lipinski definition) is 3. The van der Waals surface area contributed by atoms with Crippen molar-refractivity contribution in [1.29, 1.82) is 0 Å². The van der Waals surface area contributed by atoms with Crippen LogP contribution in [0, 0.1) is 0 Å². The van der Waals surface area contributed by atoms with Crippen molar-refractivity contribution in [2.75, 3.05) is 6.16 Å². The maximum absolute atomic E-state index is 12.0. The van der Waals surface area contributed by atoms with Crippen LogP contribution in [0.2, 0.25) is 0 Å². The van der Waals surface area contributed by atoms with Gasteiger partial charge in [0.1, 0.15) is 0 Å². The zero-order chi connectivity index (χ0) is 19.0. The highest BCUT2D eigenvalue weighted by atomic mass is 31.1. The molecule has 2 unspecified atom stereocenters. The number of aryl methyl sites for hydroxylation is 1. The molecule has 0 aliphatic carbocycles. The molecule has 1 aromatic rings. The van der Waals surface area contributed by atoms with E-state index in [4.69, 9.17) is 4.52 Å². The first-order chi connectivity index (χ1) is 12.6. The molecule has 1 N–H and O–H groups in total. The Kier molecular flexibility index (Phi) is 13.5. The highest BCUT2D eigenvalue weighted by Crippen LogP contribution is 2.28. The van der Waals surface area contributed by atoms with Crippen molar-refractivity contribution < 1.29 is 14.2 Å². The smallest absolute Gasteiger partial charge is 0.393 e. The third kappa shape index (κ3) is 12.4. The molecule has 0 saturated carbocycles. The molecule has 2 atom stereocenters. The number of rotatable bonds is 16. The fourth-order valence-corrected chi connectivity index (χ4v) is 3.91. The van der Waals surface area contributed by atoms with Gasteiger partial charge in [0.05, 0.1) is 6.10 Å². The van der Waals surface area contributed by atoms with Crippen LogP contribution in [0.1, 0.15) is 90.0 Å². The maximum atomic E-state index is 12.0. The molecular formula is C22H38O3P+. The van der Waals surface area contributed by atoms with E-state index in [0.717, 1.165) is 25.7 Å². The fourth-order valence-electron chi connectivity index (χ4n) is 2.98. The molecule has 1 aromatic carbocycles. The maximum Gasteiger partial charge on any atom is 0.556 e. The lowest BCUT2D eigenvalue weighted by atomic mass is 10.1. The van der Waals surface area contributed by atoms with Crippen molar-refractivity contribution in [3.8, 4) is 5.75 Å². The molecule has 0 fully saturated rings. The monoisotopic (exact) mass is 381 g/mol. The van der Waals surface area contributed by atoms with Crippen LogP contribution in [0.5, 0.6) is 5.75 Å². The summed E-state index contributed by atoms with van der Waals surface area (Å²) in [5.41, 5.74) is 1.17. The Morgan fingerprint density at radius 3 is 2.00 bits per heavy atom. The van der Waals surface area contributed by atoms with E-state index < -0.39 is 8.03 Å². The van der Waals surface area contributed by atoms with E-state index in [0.29, 0.717) is 11.9 Å². The molecule has 0 saturated heterocycles. The van der Waals surface area contributed by atoms with Crippen molar-refractivity contribution in [2.45, 2.75) is 97.0 Å². The topological polar surface area (TPSA) is 46.5 Å². The van der Waals surface area contributed by atoms with Crippen LogP contribution in [0.15, 0.2) is 24.3 Å². The molecule has 148 valence electrons. The Balaban J connectivity index is 2.04. The SMILES string of the molecule is CCCCCCCCCCCC[P+](=O)Oc1ccc(CCC(C)O)cc1. The van der Waals surface area contributed by atoms with Gasteiger partial charge in [0.15, 0.2) is 11.9 Å². The van der Waals surface area contributed by atoms with Crippen LogP contribution in [0.25, 0.3) is 0 Å². The van der Waals surface area contributed by atoms with E-state index in [2.05, 4.69) is 6.92 Å². The van der Waals surface area contributed by atoms with Crippen molar-refractivity contribution in [3.05, 3.63) is 29.8 Å². The largest absolute Gasteiger partial charge is 0.556 e. The van der Waals surface area contributed by atoms with Gasteiger partial charge in [-0.3, -0.25) is 4.52 Å². The first-order valence-corrected chi connectivity index (χ1v) is 11.9. The molecule has 0 radical (unpaired) electrons. The molecule has 0 aromatic heterocycles. The lowest BCUT2D eigenvalue weighted by Gasteiger charge is -2.04. The number of aliphatic hydroxyl groups excluding tert-OH is 1. The molecule has 0 amide bonds. The van der Waals surface area contributed by atoms with Gasteiger partial charge in [0.25, 0.3) is 0 Å². The fraction of sp³-hybridized carbons (Fsp3) is 0.727. The van der Waals surface area contributed by atoms with Crippen molar-refractivity contribution in [3.63, 3.8) is 0 Å². The summed E-state index contributed by atoms with van der Waals surface area (Å²) in [6.45, 7) is 4.05. The predicted molar refractivity (Wildman–Crippen MR) is 111 cm³/mol. The molecule has 0 aliphatic rings. The van der Waals surface area contributed by atoms with Gasteiger partial charge in [-0.25, -0.2) is 0 Å². The Hall–Kier alpha value is -0.920. The molecule has 0 heterocycles. The number of hydrogen-bond donors (Lipinski definition) is 1. The standard InChI is InChI=1S/C22H38O3P/c1-3-4-5-6-7-8-9-10-11-12-19-26(24)25-22-17-15-21(16-18-22)14-13-20(2)23/h15-18,20,23H,3-14,19H2,1-2H3/q+1. The number of benzene rings is 1. The summed E-state index contributed by atoms with van der Waals surface area (Å²) in [4.78, 5) is 0. The van der Waals surface area contributed by atoms with E-state index in [-0.39, 0.29) is 6.10 Å². The molecule has 3 nitrogen and oxygen atoms in total. The second-order valence-corrected chi connectivity index (χ2v) is 8.66. The van der Waals surface area contributed by atoms with Crippen LogP contribution in [0.4, 0.5) is 0 Å². The minimum Gasteiger partial charge on any atom is -0.393 e. The average molecular weight is 382 g/mol. The number of aliphatic hydroxyl groups is 1. The highest BCUT2D eigenvalue weighted by molar-refractivity contribution is 7.39. The first kappa shape index (κ1) is 23.1. The van der Waals surface area contributed by atoms with Crippen LogP contribution in [0.3, 0.4) is 0 Å². The van der Waals surface area contributed by atoms with Crippen molar-refractivity contribution >= 4 is 8.03 Å². The number of unbranched alkanes of at least 4 members (excludes halogenated alkanes) is 9. The average Bonchev–Trinajstić information content (AvgIpc) is 2.62. The normalized spacial score (nSPS) is 12.8. The zero-order valence-corrected chi connectivity index (χ0v) is 17.7. The summed E-state index contributed by atoms with van der Waals surface area (Å²) in [7, 11) is -1.61.